The van der Waals surface area contributed by atoms with E-state index < -0.39 is 0 Å². The number of benzene rings is 8. The van der Waals surface area contributed by atoms with Crippen molar-refractivity contribution in [1.29, 1.82) is 10.5 Å². The zero-order valence-electron chi connectivity index (χ0n) is 29.5. The second kappa shape index (κ2) is 11.8. The third kappa shape index (κ3) is 4.39. The predicted molar refractivity (Wildman–Crippen MR) is 224 cm³/mol. The molecule has 0 N–H and O–H groups in total. The van der Waals surface area contributed by atoms with Gasteiger partial charge in [-0.2, -0.15) is 10.5 Å². The summed E-state index contributed by atoms with van der Waals surface area (Å²) in [7, 11) is 0. The van der Waals surface area contributed by atoms with Crippen LogP contribution < -0.4 is 0 Å². The number of nitriles is 2. The van der Waals surface area contributed by atoms with Gasteiger partial charge in [0.05, 0.1) is 61.7 Å². The fourth-order valence-electron chi connectivity index (χ4n) is 8.82. The topological polar surface area (TPSA) is 62.4 Å². The fourth-order valence-corrected chi connectivity index (χ4v) is 8.82. The van der Waals surface area contributed by atoms with Crippen LogP contribution in [0.4, 0.5) is 0 Å². The highest BCUT2D eigenvalue weighted by Crippen LogP contribution is 2.41. The number of hydrogen-bond acceptors (Lipinski definition) is 2. The average Bonchev–Trinajstić information content (AvgIpc) is 3.89. The lowest BCUT2D eigenvalue weighted by Gasteiger charge is -2.16. The van der Waals surface area contributed by atoms with E-state index in [1.54, 1.807) is 0 Å². The van der Waals surface area contributed by atoms with Crippen molar-refractivity contribution in [3.8, 4) is 40.3 Å². The van der Waals surface area contributed by atoms with E-state index in [2.05, 4.69) is 165 Å². The van der Waals surface area contributed by atoms with Gasteiger partial charge in [-0.15, -0.1) is 0 Å². The molecule has 0 unspecified atom stereocenters. The highest BCUT2D eigenvalue weighted by Gasteiger charge is 2.22. The Morgan fingerprint density at radius 2 is 0.873 bits per heavy atom. The van der Waals surface area contributed by atoms with Gasteiger partial charge in [0.25, 0.3) is 0 Å². The van der Waals surface area contributed by atoms with Crippen LogP contribution in [0.1, 0.15) is 11.1 Å². The molecule has 0 aliphatic rings. The molecule has 0 spiro atoms. The summed E-state index contributed by atoms with van der Waals surface area (Å²) in [4.78, 5) is 0. The van der Waals surface area contributed by atoms with Gasteiger partial charge in [0.1, 0.15) is 6.07 Å². The van der Waals surface area contributed by atoms with Crippen LogP contribution in [0.3, 0.4) is 0 Å². The van der Waals surface area contributed by atoms with Gasteiger partial charge in [-0.1, -0.05) is 109 Å². The highest BCUT2D eigenvalue weighted by molar-refractivity contribution is 6.15. The molecule has 0 saturated heterocycles. The molecular formula is C50H29N5. The first-order valence-corrected chi connectivity index (χ1v) is 18.3. The molecule has 55 heavy (non-hydrogen) atoms. The Balaban J connectivity index is 1.17. The maximum atomic E-state index is 10.7. The summed E-state index contributed by atoms with van der Waals surface area (Å²) in [5, 5.41) is 27.3. The van der Waals surface area contributed by atoms with Gasteiger partial charge in [-0.25, -0.2) is 0 Å². The molecule has 3 heterocycles. The van der Waals surface area contributed by atoms with Gasteiger partial charge < -0.3 is 13.7 Å². The lowest BCUT2D eigenvalue weighted by Crippen LogP contribution is -2.02. The molecule has 5 nitrogen and oxygen atoms in total. The van der Waals surface area contributed by atoms with Crippen molar-refractivity contribution < 1.29 is 0 Å². The van der Waals surface area contributed by atoms with Crippen molar-refractivity contribution in [3.05, 3.63) is 187 Å². The van der Waals surface area contributed by atoms with E-state index >= 15 is 0 Å². The third-order valence-electron chi connectivity index (χ3n) is 11.1. The van der Waals surface area contributed by atoms with Crippen molar-refractivity contribution in [2.24, 2.45) is 0 Å². The second-order valence-corrected chi connectivity index (χ2v) is 14.0. The summed E-state index contributed by atoms with van der Waals surface area (Å²) in [6.07, 6.45) is 0. The van der Waals surface area contributed by atoms with Crippen LogP contribution in [-0.2, 0) is 0 Å². The minimum absolute atomic E-state index is 0.589. The summed E-state index contributed by atoms with van der Waals surface area (Å²) >= 11 is 0. The molecule has 254 valence electrons. The summed E-state index contributed by atoms with van der Waals surface area (Å²) < 4.78 is 6.89. The zero-order valence-corrected chi connectivity index (χ0v) is 29.5. The standard InChI is InChI=1S/C50H29N5/c51-30-34-27-26-33(32-12-9-14-36(28-32)53-45-23-8-4-18-41(45)49-35(31-52)13-10-24-46(49)53)29-48(34)55-44-22-7-3-17-39(44)40-19-11-25-47(50(40)55)54-42-20-5-1-15-37(42)38-16-2-6-21-43(38)54/h1-29H. The lowest BCUT2D eigenvalue weighted by molar-refractivity contribution is 1.12. The Labute approximate surface area is 316 Å². The van der Waals surface area contributed by atoms with Crippen molar-refractivity contribution in [2.45, 2.75) is 0 Å². The van der Waals surface area contributed by atoms with Crippen molar-refractivity contribution >= 4 is 65.4 Å². The Kier molecular flexibility index (Phi) is 6.61. The van der Waals surface area contributed by atoms with Gasteiger partial charge in [0, 0.05) is 38.0 Å². The second-order valence-electron chi connectivity index (χ2n) is 14.0. The Hall–Kier alpha value is -7.86. The molecule has 11 rings (SSSR count). The normalized spacial score (nSPS) is 11.6. The first-order chi connectivity index (χ1) is 27.2. The van der Waals surface area contributed by atoms with Crippen LogP contribution in [0.2, 0.25) is 0 Å². The van der Waals surface area contributed by atoms with E-state index in [1.807, 2.05) is 36.4 Å². The van der Waals surface area contributed by atoms with E-state index in [0.717, 1.165) is 82.8 Å². The first kappa shape index (κ1) is 30.7. The van der Waals surface area contributed by atoms with E-state index in [0.29, 0.717) is 11.1 Å². The number of nitrogens with zero attached hydrogens (tertiary/aromatic N) is 5. The van der Waals surface area contributed by atoms with Gasteiger partial charge in [0.15, 0.2) is 0 Å². The Bertz CT molecular complexity index is 3420. The molecule has 8 aromatic carbocycles. The molecule has 0 atom stereocenters. The zero-order chi connectivity index (χ0) is 36.6. The number of rotatable bonds is 4. The molecule has 0 aliphatic heterocycles. The van der Waals surface area contributed by atoms with Crippen LogP contribution in [-0.4, -0.2) is 13.7 Å². The van der Waals surface area contributed by atoms with E-state index in [-0.39, 0.29) is 0 Å². The summed E-state index contributed by atoms with van der Waals surface area (Å²) in [6.45, 7) is 0. The Morgan fingerprint density at radius 1 is 0.345 bits per heavy atom. The van der Waals surface area contributed by atoms with Gasteiger partial charge in [0.2, 0.25) is 0 Å². The van der Waals surface area contributed by atoms with E-state index in [1.165, 1.54) is 10.8 Å². The monoisotopic (exact) mass is 699 g/mol. The molecular weight excluding hydrogens is 671 g/mol. The minimum Gasteiger partial charge on any atom is -0.309 e. The van der Waals surface area contributed by atoms with Crippen molar-refractivity contribution in [2.75, 3.05) is 0 Å². The summed E-state index contributed by atoms with van der Waals surface area (Å²) in [6, 6.07) is 65.9. The largest absolute Gasteiger partial charge is 0.309 e. The quantitative estimate of drug-likeness (QED) is 0.184. The minimum atomic E-state index is 0.589. The molecule has 0 fully saturated rings. The molecule has 0 aliphatic carbocycles. The highest BCUT2D eigenvalue weighted by atomic mass is 15.1. The molecule has 11 aromatic rings. The van der Waals surface area contributed by atoms with Crippen LogP contribution >= 0.6 is 0 Å². The summed E-state index contributed by atoms with van der Waals surface area (Å²) in [5.41, 5.74) is 12.5. The molecule has 3 aromatic heterocycles. The maximum absolute atomic E-state index is 10.7. The number of aromatic nitrogens is 3. The van der Waals surface area contributed by atoms with Gasteiger partial charge in [-0.3, -0.25) is 0 Å². The third-order valence-corrected chi connectivity index (χ3v) is 11.1. The fraction of sp³-hybridized carbons (Fsp3) is 0. The predicted octanol–water partition coefficient (Wildman–Crippen LogP) is 12.4. The van der Waals surface area contributed by atoms with Gasteiger partial charge >= 0.3 is 0 Å². The number of fused-ring (bicyclic) bond motifs is 9. The van der Waals surface area contributed by atoms with Crippen LogP contribution in [0.5, 0.6) is 0 Å². The SMILES string of the molecule is N#Cc1ccc(-c2cccc(-n3c4ccccc4c4c(C#N)cccc43)c2)cc1-n1c2ccccc2c2cccc(-n3c4ccccc4c4ccccc43)c21. The molecule has 0 amide bonds. The first-order valence-electron chi connectivity index (χ1n) is 18.3. The molecule has 0 bridgehead atoms. The lowest BCUT2D eigenvalue weighted by atomic mass is 10.0. The van der Waals surface area contributed by atoms with Gasteiger partial charge in [-0.05, 0) is 77.9 Å². The average molecular weight is 700 g/mol. The Morgan fingerprint density at radius 3 is 1.56 bits per heavy atom. The van der Waals surface area contributed by atoms with Crippen LogP contribution in [0, 0.1) is 22.7 Å². The smallest absolute Gasteiger partial charge is 0.101 e. The summed E-state index contributed by atoms with van der Waals surface area (Å²) in [5.74, 6) is 0. The number of para-hydroxylation sites is 5. The van der Waals surface area contributed by atoms with Crippen molar-refractivity contribution in [1.82, 2.24) is 13.7 Å². The molecule has 5 heteroatoms. The van der Waals surface area contributed by atoms with E-state index in [4.69, 9.17) is 0 Å². The molecule has 0 saturated carbocycles. The van der Waals surface area contributed by atoms with E-state index in [9.17, 15) is 10.5 Å². The van der Waals surface area contributed by atoms with Crippen LogP contribution in [0.25, 0.3) is 93.6 Å². The van der Waals surface area contributed by atoms with Crippen molar-refractivity contribution in [3.63, 3.8) is 0 Å². The van der Waals surface area contributed by atoms with Crippen LogP contribution in [0.15, 0.2) is 176 Å². The number of hydrogen-bond donors (Lipinski definition) is 0. The molecule has 0 radical (unpaired) electrons. The maximum Gasteiger partial charge on any atom is 0.101 e.